The number of aromatic nitrogens is 1. The summed E-state index contributed by atoms with van der Waals surface area (Å²) in [6.07, 6.45) is -3.62. The molecule has 0 aliphatic heterocycles. The first kappa shape index (κ1) is 12.3. The molecule has 1 aromatic rings. The van der Waals surface area contributed by atoms with Gasteiger partial charge in [-0.2, -0.15) is 4.39 Å². The van der Waals surface area contributed by atoms with E-state index in [9.17, 15) is 18.0 Å². The number of halogens is 3. The molecule has 0 fully saturated rings. The Kier molecular flexibility index (Phi) is 3.70. The van der Waals surface area contributed by atoms with Crippen LogP contribution in [0.2, 0.25) is 0 Å². The average molecular weight is 235 g/mol. The number of ether oxygens (including phenoxy) is 1. The molecular formula is C9H8F3NO3. The van der Waals surface area contributed by atoms with Crippen molar-refractivity contribution in [2.45, 2.75) is 12.8 Å². The number of methoxy groups -OCH3 is 1. The molecule has 0 spiro atoms. The maximum Gasteiger partial charge on any atom is 0.307 e. The molecule has 0 amide bonds. The van der Waals surface area contributed by atoms with Crippen LogP contribution in [0.25, 0.3) is 0 Å². The van der Waals surface area contributed by atoms with Gasteiger partial charge < -0.3 is 9.84 Å². The van der Waals surface area contributed by atoms with E-state index in [-0.39, 0.29) is 11.3 Å². The van der Waals surface area contributed by atoms with Gasteiger partial charge in [-0.15, -0.1) is 0 Å². The summed E-state index contributed by atoms with van der Waals surface area (Å²) >= 11 is 0. The minimum atomic E-state index is -2.98. The number of carboxylic acid groups (broad SMARTS) is 1. The summed E-state index contributed by atoms with van der Waals surface area (Å²) in [7, 11) is 1.12. The normalized spacial score (nSPS) is 10.6. The number of hydrogen-bond donors (Lipinski definition) is 1. The van der Waals surface area contributed by atoms with Crippen molar-refractivity contribution < 1.29 is 27.8 Å². The standard InChI is InChI=1S/C9H8F3NO3/c1-16-5-2-4(3-6(14)15)9(12)13-7(5)8(10)11/h2,8H,3H2,1H3,(H,14,15). The predicted octanol–water partition coefficient (Wildman–Crippen LogP) is 1.79. The zero-order valence-electron chi connectivity index (χ0n) is 8.21. The molecule has 0 unspecified atom stereocenters. The summed E-state index contributed by atoms with van der Waals surface area (Å²) in [4.78, 5) is 13.3. The first-order valence-electron chi connectivity index (χ1n) is 4.19. The highest BCUT2D eigenvalue weighted by molar-refractivity contribution is 5.70. The van der Waals surface area contributed by atoms with Crippen LogP contribution in [0.4, 0.5) is 13.2 Å². The Labute approximate surface area is 88.7 Å². The molecule has 88 valence electrons. The van der Waals surface area contributed by atoms with Gasteiger partial charge in [-0.25, -0.2) is 13.8 Å². The first-order chi connectivity index (χ1) is 7.45. The number of carbonyl (C=O) groups is 1. The number of hydrogen-bond acceptors (Lipinski definition) is 3. The first-order valence-corrected chi connectivity index (χ1v) is 4.19. The lowest BCUT2D eigenvalue weighted by Gasteiger charge is -2.09. The fraction of sp³-hybridized carbons (Fsp3) is 0.333. The van der Waals surface area contributed by atoms with Crippen LogP contribution in [0.5, 0.6) is 5.75 Å². The van der Waals surface area contributed by atoms with Gasteiger partial charge in [-0.3, -0.25) is 4.79 Å². The molecule has 0 aromatic carbocycles. The summed E-state index contributed by atoms with van der Waals surface area (Å²) < 4.78 is 42.4. The van der Waals surface area contributed by atoms with Crippen LogP contribution in [0.15, 0.2) is 6.07 Å². The molecule has 0 aliphatic rings. The van der Waals surface area contributed by atoms with Crippen LogP contribution in [0.3, 0.4) is 0 Å². The van der Waals surface area contributed by atoms with Crippen molar-refractivity contribution in [2.75, 3.05) is 7.11 Å². The molecule has 7 heteroatoms. The lowest BCUT2D eigenvalue weighted by atomic mass is 10.2. The van der Waals surface area contributed by atoms with E-state index in [1.807, 2.05) is 0 Å². The molecule has 1 heterocycles. The van der Waals surface area contributed by atoms with Crippen molar-refractivity contribution in [2.24, 2.45) is 0 Å². The molecule has 1 N–H and O–H groups in total. The second-order valence-corrected chi connectivity index (χ2v) is 2.90. The Balaban J connectivity index is 3.20. The molecule has 4 nitrogen and oxygen atoms in total. The Morgan fingerprint density at radius 3 is 2.69 bits per heavy atom. The molecular weight excluding hydrogens is 227 g/mol. The van der Waals surface area contributed by atoms with Crippen molar-refractivity contribution in [1.29, 1.82) is 0 Å². The minimum Gasteiger partial charge on any atom is -0.495 e. The second-order valence-electron chi connectivity index (χ2n) is 2.90. The zero-order valence-corrected chi connectivity index (χ0v) is 8.21. The van der Waals surface area contributed by atoms with Gasteiger partial charge in [0.2, 0.25) is 5.95 Å². The number of alkyl halides is 2. The Morgan fingerprint density at radius 2 is 2.25 bits per heavy atom. The van der Waals surface area contributed by atoms with Crippen molar-refractivity contribution in [3.05, 3.63) is 23.3 Å². The highest BCUT2D eigenvalue weighted by Crippen LogP contribution is 2.28. The maximum atomic E-state index is 13.1. The summed E-state index contributed by atoms with van der Waals surface area (Å²) in [5.41, 5.74) is -1.14. The van der Waals surface area contributed by atoms with Gasteiger partial charge in [0.1, 0.15) is 5.75 Å². The van der Waals surface area contributed by atoms with Gasteiger partial charge in [0.05, 0.1) is 13.5 Å². The van der Waals surface area contributed by atoms with Crippen molar-refractivity contribution in [3.8, 4) is 5.75 Å². The quantitative estimate of drug-likeness (QED) is 0.808. The molecule has 0 radical (unpaired) electrons. The number of rotatable bonds is 4. The van der Waals surface area contributed by atoms with Gasteiger partial charge in [0, 0.05) is 5.56 Å². The summed E-state index contributed by atoms with van der Waals surface area (Å²) in [6.45, 7) is 0. The molecule has 16 heavy (non-hydrogen) atoms. The van der Waals surface area contributed by atoms with Crippen LogP contribution < -0.4 is 4.74 Å². The number of pyridine rings is 1. The van der Waals surface area contributed by atoms with Gasteiger partial charge in [0.15, 0.2) is 5.69 Å². The zero-order chi connectivity index (χ0) is 12.3. The van der Waals surface area contributed by atoms with Crippen LogP contribution in [-0.2, 0) is 11.2 Å². The van der Waals surface area contributed by atoms with E-state index in [4.69, 9.17) is 5.11 Å². The molecule has 0 bridgehead atoms. The lowest BCUT2D eigenvalue weighted by molar-refractivity contribution is -0.136. The van der Waals surface area contributed by atoms with E-state index in [2.05, 4.69) is 9.72 Å². The maximum absolute atomic E-state index is 13.1. The molecule has 1 aromatic heterocycles. The van der Waals surface area contributed by atoms with Crippen LogP contribution >= 0.6 is 0 Å². The molecule has 0 saturated carbocycles. The topological polar surface area (TPSA) is 59.4 Å². The van der Waals surface area contributed by atoms with E-state index in [0.29, 0.717) is 0 Å². The Bertz CT molecular complexity index is 409. The summed E-state index contributed by atoms with van der Waals surface area (Å²) in [5.74, 6) is -2.83. The number of carboxylic acids is 1. The van der Waals surface area contributed by atoms with E-state index in [1.54, 1.807) is 0 Å². The fourth-order valence-electron chi connectivity index (χ4n) is 1.13. The van der Waals surface area contributed by atoms with E-state index >= 15 is 0 Å². The smallest absolute Gasteiger partial charge is 0.307 e. The molecule has 0 aliphatic carbocycles. The van der Waals surface area contributed by atoms with E-state index in [1.165, 1.54) is 0 Å². The SMILES string of the molecule is COc1cc(CC(=O)O)c(F)nc1C(F)F. The second kappa shape index (κ2) is 4.82. The van der Waals surface area contributed by atoms with Gasteiger partial charge >= 0.3 is 5.97 Å². The lowest BCUT2D eigenvalue weighted by Crippen LogP contribution is -2.07. The highest BCUT2D eigenvalue weighted by atomic mass is 19.3. The Morgan fingerprint density at radius 1 is 1.62 bits per heavy atom. The predicted molar refractivity (Wildman–Crippen MR) is 47.0 cm³/mol. The third-order valence-corrected chi connectivity index (χ3v) is 1.81. The third kappa shape index (κ3) is 2.62. The largest absolute Gasteiger partial charge is 0.495 e. The monoisotopic (exact) mass is 235 g/mol. The molecule has 0 saturated heterocycles. The number of aliphatic carboxylic acids is 1. The molecule has 0 atom stereocenters. The minimum absolute atomic E-state index is 0.297. The van der Waals surface area contributed by atoms with Crippen molar-refractivity contribution in [1.82, 2.24) is 4.98 Å². The van der Waals surface area contributed by atoms with Crippen LogP contribution in [0.1, 0.15) is 17.7 Å². The van der Waals surface area contributed by atoms with Crippen molar-refractivity contribution in [3.63, 3.8) is 0 Å². The summed E-state index contributed by atoms with van der Waals surface area (Å²) in [5, 5.41) is 8.45. The van der Waals surface area contributed by atoms with Crippen LogP contribution in [0, 0.1) is 5.95 Å². The molecule has 1 rings (SSSR count). The van der Waals surface area contributed by atoms with E-state index < -0.39 is 30.5 Å². The van der Waals surface area contributed by atoms with Gasteiger partial charge in [-0.05, 0) is 6.07 Å². The summed E-state index contributed by atoms with van der Waals surface area (Å²) in [6, 6.07) is 0.915. The van der Waals surface area contributed by atoms with Crippen molar-refractivity contribution >= 4 is 5.97 Å². The number of nitrogens with zero attached hydrogens (tertiary/aromatic N) is 1. The third-order valence-electron chi connectivity index (χ3n) is 1.81. The average Bonchev–Trinajstić information content (AvgIpc) is 2.19. The Hall–Kier alpha value is -1.79. The fourth-order valence-corrected chi connectivity index (χ4v) is 1.13. The van der Waals surface area contributed by atoms with Crippen LogP contribution in [-0.4, -0.2) is 23.2 Å². The van der Waals surface area contributed by atoms with Gasteiger partial charge in [-0.1, -0.05) is 0 Å². The van der Waals surface area contributed by atoms with Gasteiger partial charge in [0.25, 0.3) is 6.43 Å². The highest BCUT2D eigenvalue weighted by Gasteiger charge is 2.20. The van der Waals surface area contributed by atoms with E-state index in [0.717, 1.165) is 13.2 Å².